The van der Waals surface area contributed by atoms with E-state index in [4.69, 9.17) is 4.74 Å². The Balaban J connectivity index is 1.71. The SMILES string of the molecule is COc1ccc(-c2cncc(C(=O)N/N=C/c3cccc(O)c3)n2)cc1. The number of nitrogens with one attached hydrogen (secondary N) is 1. The summed E-state index contributed by atoms with van der Waals surface area (Å²) >= 11 is 0. The summed E-state index contributed by atoms with van der Waals surface area (Å²) in [5.41, 5.74) is 4.57. The van der Waals surface area contributed by atoms with Crippen molar-refractivity contribution in [1.29, 1.82) is 0 Å². The van der Waals surface area contributed by atoms with Crippen LogP contribution in [-0.4, -0.2) is 34.3 Å². The normalized spacial score (nSPS) is 10.7. The van der Waals surface area contributed by atoms with Crippen molar-refractivity contribution in [3.05, 3.63) is 72.2 Å². The monoisotopic (exact) mass is 348 g/mol. The van der Waals surface area contributed by atoms with Crippen molar-refractivity contribution in [1.82, 2.24) is 15.4 Å². The number of nitrogens with zero attached hydrogens (tertiary/aromatic N) is 3. The van der Waals surface area contributed by atoms with Gasteiger partial charge in [-0.15, -0.1) is 0 Å². The molecule has 0 fully saturated rings. The predicted molar refractivity (Wildman–Crippen MR) is 97.2 cm³/mol. The van der Waals surface area contributed by atoms with E-state index in [0.29, 0.717) is 11.3 Å². The molecule has 7 heteroatoms. The number of aromatic nitrogens is 2. The molecule has 1 aromatic heterocycles. The van der Waals surface area contributed by atoms with E-state index in [-0.39, 0.29) is 11.4 Å². The van der Waals surface area contributed by atoms with Crippen molar-refractivity contribution >= 4 is 12.1 Å². The largest absolute Gasteiger partial charge is 0.508 e. The molecule has 1 heterocycles. The van der Waals surface area contributed by atoms with Crippen LogP contribution in [0.15, 0.2) is 66.0 Å². The lowest BCUT2D eigenvalue weighted by atomic mass is 10.1. The molecule has 0 saturated heterocycles. The first kappa shape index (κ1) is 17.1. The fourth-order valence-corrected chi connectivity index (χ4v) is 2.20. The van der Waals surface area contributed by atoms with Crippen LogP contribution in [-0.2, 0) is 0 Å². The molecule has 1 amide bonds. The fourth-order valence-electron chi connectivity index (χ4n) is 2.20. The first-order valence-electron chi connectivity index (χ1n) is 7.74. The highest BCUT2D eigenvalue weighted by Gasteiger charge is 2.09. The van der Waals surface area contributed by atoms with Crippen molar-refractivity contribution < 1.29 is 14.6 Å². The summed E-state index contributed by atoms with van der Waals surface area (Å²) < 4.78 is 5.12. The third-order valence-corrected chi connectivity index (χ3v) is 3.50. The van der Waals surface area contributed by atoms with Gasteiger partial charge in [-0.1, -0.05) is 12.1 Å². The van der Waals surface area contributed by atoms with Crippen LogP contribution in [0.4, 0.5) is 0 Å². The molecular weight excluding hydrogens is 332 g/mol. The molecule has 130 valence electrons. The Labute approximate surface area is 150 Å². The quantitative estimate of drug-likeness (QED) is 0.546. The average Bonchev–Trinajstić information content (AvgIpc) is 2.68. The number of hydrogen-bond donors (Lipinski definition) is 2. The highest BCUT2D eigenvalue weighted by Crippen LogP contribution is 2.20. The predicted octanol–water partition coefficient (Wildman–Crippen LogP) is 2.62. The molecule has 0 aliphatic rings. The zero-order chi connectivity index (χ0) is 18.4. The summed E-state index contributed by atoms with van der Waals surface area (Å²) in [4.78, 5) is 20.6. The average molecular weight is 348 g/mol. The molecule has 0 bridgehead atoms. The van der Waals surface area contributed by atoms with E-state index >= 15 is 0 Å². The topological polar surface area (TPSA) is 96.7 Å². The summed E-state index contributed by atoms with van der Waals surface area (Å²) in [6.07, 6.45) is 4.37. The Morgan fingerprint density at radius 3 is 2.73 bits per heavy atom. The summed E-state index contributed by atoms with van der Waals surface area (Å²) in [5.74, 6) is 0.375. The van der Waals surface area contributed by atoms with Gasteiger partial charge in [-0.05, 0) is 42.0 Å². The molecule has 0 atom stereocenters. The fraction of sp³-hybridized carbons (Fsp3) is 0.0526. The molecule has 2 N–H and O–H groups in total. The van der Waals surface area contributed by atoms with Gasteiger partial charge in [0, 0.05) is 5.56 Å². The lowest BCUT2D eigenvalue weighted by Crippen LogP contribution is -2.19. The van der Waals surface area contributed by atoms with Gasteiger partial charge in [-0.3, -0.25) is 9.78 Å². The molecule has 2 aromatic carbocycles. The summed E-state index contributed by atoms with van der Waals surface area (Å²) in [7, 11) is 1.59. The Kier molecular flexibility index (Phi) is 5.19. The van der Waals surface area contributed by atoms with E-state index < -0.39 is 5.91 Å². The number of phenolic OH excluding ortho intramolecular Hbond substituents is 1. The molecule has 0 spiro atoms. The van der Waals surface area contributed by atoms with Crippen molar-refractivity contribution in [3.8, 4) is 22.8 Å². The van der Waals surface area contributed by atoms with Gasteiger partial charge in [0.25, 0.3) is 5.91 Å². The van der Waals surface area contributed by atoms with Gasteiger partial charge >= 0.3 is 0 Å². The van der Waals surface area contributed by atoms with Gasteiger partial charge in [-0.25, -0.2) is 10.4 Å². The molecule has 7 nitrogen and oxygen atoms in total. The number of benzene rings is 2. The zero-order valence-electron chi connectivity index (χ0n) is 14.0. The number of phenols is 1. The van der Waals surface area contributed by atoms with Gasteiger partial charge < -0.3 is 9.84 Å². The maximum absolute atomic E-state index is 12.2. The van der Waals surface area contributed by atoms with E-state index in [0.717, 1.165) is 11.3 Å². The number of rotatable bonds is 5. The minimum Gasteiger partial charge on any atom is -0.508 e. The molecular formula is C19H16N4O3. The van der Waals surface area contributed by atoms with Crippen molar-refractivity contribution in [3.63, 3.8) is 0 Å². The van der Waals surface area contributed by atoms with E-state index in [1.165, 1.54) is 18.5 Å². The van der Waals surface area contributed by atoms with E-state index in [1.807, 2.05) is 24.3 Å². The standard InChI is InChI=1S/C19H16N4O3/c1-26-16-7-5-14(6-8-16)17-11-20-12-18(22-17)19(25)23-21-10-13-3-2-4-15(24)9-13/h2-12,24H,1H3,(H,23,25)/b21-10+. The molecule has 26 heavy (non-hydrogen) atoms. The molecule has 0 radical (unpaired) electrons. The van der Waals surface area contributed by atoms with E-state index in [1.54, 1.807) is 31.5 Å². The van der Waals surface area contributed by atoms with Crippen molar-refractivity contribution in [2.24, 2.45) is 5.10 Å². The van der Waals surface area contributed by atoms with Crippen LogP contribution in [0.2, 0.25) is 0 Å². The van der Waals surface area contributed by atoms with Gasteiger partial charge in [0.05, 0.1) is 31.4 Å². The zero-order valence-corrected chi connectivity index (χ0v) is 14.0. The highest BCUT2D eigenvalue weighted by atomic mass is 16.5. The molecule has 0 saturated carbocycles. The second-order valence-corrected chi connectivity index (χ2v) is 5.31. The number of ether oxygens (including phenoxy) is 1. The van der Waals surface area contributed by atoms with Crippen LogP contribution >= 0.6 is 0 Å². The number of carbonyl (C=O) groups excluding carboxylic acids is 1. The van der Waals surface area contributed by atoms with Crippen LogP contribution in [0.5, 0.6) is 11.5 Å². The number of hydrogen-bond acceptors (Lipinski definition) is 6. The third kappa shape index (κ3) is 4.21. The summed E-state index contributed by atoms with van der Waals surface area (Å²) in [5, 5.41) is 13.3. The van der Waals surface area contributed by atoms with E-state index in [9.17, 15) is 9.90 Å². The first-order valence-corrected chi connectivity index (χ1v) is 7.74. The maximum atomic E-state index is 12.2. The second kappa shape index (κ2) is 7.89. The molecule has 3 rings (SSSR count). The maximum Gasteiger partial charge on any atom is 0.291 e. The van der Waals surface area contributed by atoms with Crippen molar-refractivity contribution in [2.75, 3.05) is 7.11 Å². The Morgan fingerprint density at radius 2 is 2.00 bits per heavy atom. The van der Waals surface area contributed by atoms with Crippen LogP contribution in [0.25, 0.3) is 11.3 Å². The number of amides is 1. The number of carbonyl (C=O) groups is 1. The number of aromatic hydroxyl groups is 1. The highest BCUT2D eigenvalue weighted by molar-refractivity contribution is 5.93. The van der Waals surface area contributed by atoms with Crippen molar-refractivity contribution in [2.45, 2.75) is 0 Å². The van der Waals surface area contributed by atoms with Gasteiger partial charge in [-0.2, -0.15) is 5.10 Å². The Morgan fingerprint density at radius 1 is 1.19 bits per heavy atom. The summed E-state index contributed by atoms with van der Waals surface area (Å²) in [6.45, 7) is 0. The Bertz CT molecular complexity index is 940. The molecule has 0 unspecified atom stereocenters. The van der Waals surface area contributed by atoms with Gasteiger partial charge in [0.2, 0.25) is 0 Å². The van der Waals surface area contributed by atoms with Crippen LogP contribution < -0.4 is 10.2 Å². The van der Waals surface area contributed by atoms with E-state index in [2.05, 4.69) is 20.5 Å². The van der Waals surface area contributed by atoms with Crippen LogP contribution in [0.3, 0.4) is 0 Å². The minimum absolute atomic E-state index is 0.123. The molecule has 0 aliphatic carbocycles. The number of methoxy groups -OCH3 is 1. The lowest BCUT2D eigenvalue weighted by Gasteiger charge is -2.04. The first-order chi connectivity index (χ1) is 12.7. The van der Waals surface area contributed by atoms with Crippen LogP contribution in [0.1, 0.15) is 16.1 Å². The van der Waals surface area contributed by atoms with Gasteiger partial charge in [0.15, 0.2) is 0 Å². The second-order valence-electron chi connectivity index (χ2n) is 5.31. The lowest BCUT2D eigenvalue weighted by molar-refractivity contribution is 0.0950. The smallest absolute Gasteiger partial charge is 0.291 e. The number of hydrazone groups is 1. The Hall–Kier alpha value is -3.74. The molecule has 0 aliphatic heterocycles. The molecule has 3 aromatic rings. The van der Waals surface area contributed by atoms with Gasteiger partial charge in [0.1, 0.15) is 17.2 Å². The minimum atomic E-state index is -0.482. The van der Waals surface area contributed by atoms with Crippen LogP contribution in [0, 0.1) is 0 Å². The third-order valence-electron chi connectivity index (χ3n) is 3.50. The summed E-state index contributed by atoms with van der Waals surface area (Å²) in [6, 6.07) is 13.8.